The van der Waals surface area contributed by atoms with E-state index in [2.05, 4.69) is 5.32 Å². The monoisotopic (exact) mass is 223 g/mol. The number of aliphatic hydroxyl groups excluding tert-OH is 1. The van der Waals surface area contributed by atoms with Crippen LogP contribution in [0.5, 0.6) is 0 Å². The summed E-state index contributed by atoms with van der Waals surface area (Å²) in [5.74, 6) is -0.197. The Hall–Kier alpha value is -0.930. The molecule has 2 nitrogen and oxygen atoms in total. The maximum atomic E-state index is 12.7. The molecule has 88 valence electrons. The molecule has 1 aliphatic rings. The van der Waals surface area contributed by atoms with Crippen LogP contribution >= 0.6 is 0 Å². The summed E-state index contributed by atoms with van der Waals surface area (Å²) in [6, 6.07) is 6.94. The molecule has 0 saturated heterocycles. The van der Waals surface area contributed by atoms with Gasteiger partial charge in [0.15, 0.2) is 0 Å². The number of aliphatic hydroxyl groups is 1. The van der Waals surface area contributed by atoms with E-state index in [4.69, 9.17) is 0 Å². The van der Waals surface area contributed by atoms with Crippen molar-refractivity contribution in [1.29, 1.82) is 0 Å². The summed E-state index contributed by atoms with van der Waals surface area (Å²) >= 11 is 0. The van der Waals surface area contributed by atoms with E-state index in [1.807, 2.05) is 0 Å². The van der Waals surface area contributed by atoms with Crippen LogP contribution in [0.3, 0.4) is 0 Å². The zero-order valence-corrected chi connectivity index (χ0v) is 9.32. The van der Waals surface area contributed by atoms with Crippen molar-refractivity contribution >= 4 is 0 Å². The first-order valence-electron chi connectivity index (χ1n) is 5.90. The predicted molar refractivity (Wildman–Crippen MR) is 61.5 cm³/mol. The second kappa shape index (κ2) is 5.41. The van der Waals surface area contributed by atoms with Gasteiger partial charge in [-0.1, -0.05) is 12.1 Å². The van der Waals surface area contributed by atoms with Crippen LogP contribution in [0.1, 0.15) is 31.2 Å². The summed E-state index contributed by atoms with van der Waals surface area (Å²) in [6.07, 6.45) is 3.82. The quantitative estimate of drug-likeness (QED) is 0.823. The molecule has 0 amide bonds. The van der Waals surface area contributed by atoms with Gasteiger partial charge >= 0.3 is 0 Å². The maximum absolute atomic E-state index is 12.7. The first-order chi connectivity index (χ1) is 7.74. The Labute approximate surface area is 95.5 Å². The van der Waals surface area contributed by atoms with Crippen molar-refractivity contribution in [1.82, 2.24) is 5.32 Å². The maximum Gasteiger partial charge on any atom is 0.123 e. The molecule has 2 unspecified atom stereocenters. The number of benzene rings is 1. The zero-order valence-electron chi connectivity index (χ0n) is 9.32. The molecule has 1 saturated carbocycles. The largest absolute Gasteiger partial charge is 0.393 e. The normalized spacial score (nSPS) is 25.6. The Morgan fingerprint density at radius 2 is 2.00 bits per heavy atom. The van der Waals surface area contributed by atoms with E-state index in [-0.39, 0.29) is 11.9 Å². The van der Waals surface area contributed by atoms with Crippen LogP contribution in [0.4, 0.5) is 4.39 Å². The van der Waals surface area contributed by atoms with Crippen LogP contribution in [0.2, 0.25) is 0 Å². The molecule has 2 rings (SSSR count). The minimum Gasteiger partial charge on any atom is -0.393 e. The molecule has 0 spiro atoms. The molecule has 0 heterocycles. The molecule has 0 aromatic heterocycles. The Bertz CT molecular complexity index is 325. The Balaban J connectivity index is 1.80. The van der Waals surface area contributed by atoms with Crippen LogP contribution < -0.4 is 5.32 Å². The fraction of sp³-hybridized carbons (Fsp3) is 0.538. The van der Waals surface area contributed by atoms with Crippen molar-refractivity contribution in [3.8, 4) is 0 Å². The Morgan fingerprint density at radius 1 is 1.25 bits per heavy atom. The molecule has 2 N–H and O–H groups in total. The first-order valence-corrected chi connectivity index (χ1v) is 5.90. The number of hydrogen-bond donors (Lipinski definition) is 2. The van der Waals surface area contributed by atoms with Crippen LogP contribution in [-0.4, -0.2) is 17.3 Å². The highest BCUT2D eigenvalue weighted by atomic mass is 19.1. The van der Waals surface area contributed by atoms with Gasteiger partial charge in [0.25, 0.3) is 0 Å². The van der Waals surface area contributed by atoms with E-state index in [9.17, 15) is 9.50 Å². The van der Waals surface area contributed by atoms with Crippen LogP contribution in [-0.2, 0) is 6.54 Å². The molecular formula is C13H18FNO. The van der Waals surface area contributed by atoms with Crippen molar-refractivity contribution in [2.24, 2.45) is 0 Å². The summed E-state index contributed by atoms with van der Waals surface area (Å²) in [6.45, 7) is 0.748. The minimum atomic E-state index is -0.197. The lowest BCUT2D eigenvalue weighted by molar-refractivity contribution is 0.111. The minimum absolute atomic E-state index is 0.153. The molecule has 1 fully saturated rings. The van der Waals surface area contributed by atoms with Crippen LogP contribution in [0, 0.1) is 5.82 Å². The SMILES string of the molecule is OC1CCCC(NCc2ccc(F)cc2)C1. The third-order valence-corrected chi connectivity index (χ3v) is 3.15. The van der Waals surface area contributed by atoms with Gasteiger partial charge in [0.1, 0.15) is 5.82 Å². The molecule has 16 heavy (non-hydrogen) atoms. The van der Waals surface area contributed by atoms with E-state index in [0.717, 1.165) is 37.8 Å². The Morgan fingerprint density at radius 3 is 2.69 bits per heavy atom. The van der Waals surface area contributed by atoms with E-state index in [1.54, 1.807) is 12.1 Å². The zero-order chi connectivity index (χ0) is 11.4. The smallest absolute Gasteiger partial charge is 0.123 e. The molecular weight excluding hydrogens is 205 g/mol. The number of hydrogen-bond acceptors (Lipinski definition) is 2. The van der Waals surface area contributed by atoms with E-state index in [1.165, 1.54) is 12.1 Å². The summed E-state index contributed by atoms with van der Waals surface area (Å²) in [4.78, 5) is 0. The van der Waals surface area contributed by atoms with E-state index >= 15 is 0 Å². The third kappa shape index (κ3) is 3.29. The number of rotatable bonds is 3. The number of nitrogens with one attached hydrogen (secondary N) is 1. The van der Waals surface area contributed by atoms with Gasteiger partial charge in [0.05, 0.1) is 6.10 Å². The van der Waals surface area contributed by atoms with Crippen molar-refractivity contribution in [2.75, 3.05) is 0 Å². The van der Waals surface area contributed by atoms with Gasteiger partial charge < -0.3 is 10.4 Å². The van der Waals surface area contributed by atoms with Gasteiger partial charge in [-0.25, -0.2) is 4.39 Å². The van der Waals surface area contributed by atoms with E-state index in [0.29, 0.717) is 6.04 Å². The van der Waals surface area contributed by atoms with Gasteiger partial charge in [-0.3, -0.25) is 0 Å². The number of halogens is 1. The third-order valence-electron chi connectivity index (χ3n) is 3.15. The lowest BCUT2D eigenvalue weighted by Crippen LogP contribution is -2.35. The second-order valence-corrected chi connectivity index (χ2v) is 4.52. The predicted octanol–water partition coefficient (Wildman–Crippen LogP) is 2.22. The van der Waals surface area contributed by atoms with Gasteiger partial charge in [0.2, 0.25) is 0 Å². The van der Waals surface area contributed by atoms with Gasteiger partial charge in [-0.05, 0) is 43.4 Å². The Kier molecular flexibility index (Phi) is 3.91. The van der Waals surface area contributed by atoms with Crippen molar-refractivity contribution in [2.45, 2.75) is 44.4 Å². The van der Waals surface area contributed by atoms with Gasteiger partial charge in [-0.15, -0.1) is 0 Å². The van der Waals surface area contributed by atoms with Crippen LogP contribution in [0.15, 0.2) is 24.3 Å². The van der Waals surface area contributed by atoms with Crippen molar-refractivity contribution in [3.05, 3.63) is 35.6 Å². The highest BCUT2D eigenvalue weighted by Gasteiger charge is 2.19. The fourth-order valence-corrected chi connectivity index (χ4v) is 2.21. The average Bonchev–Trinajstić information content (AvgIpc) is 2.28. The highest BCUT2D eigenvalue weighted by Crippen LogP contribution is 2.18. The topological polar surface area (TPSA) is 32.3 Å². The lowest BCUT2D eigenvalue weighted by atomic mass is 9.93. The second-order valence-electron chi connectivity index (χ2n) is 4.52. The molecule has 0 bridgehead atoms. The average molecular weight is 223 g/mol. The summed E-state index contributed by atoms with van der Waals surface area (Å²) in [5.41, 5.74) is 1.08. The molecule has 1 aromatic carbocycles. The standard InChI is InChI=1S/C13H18FNO/c14-11-6-4-10(5-7-11)9-15-12-2-1-3-13(16)8-12/h4-7,12-13,15-16H,1-3,8-9H2. The van der Waals surface area contributed by atoms with Crippen molar-refractivity contribution < 1.29 is 9.50 Å². The molecule has 0 aliphatic heterocycles. The van der Waals surface area contributed by atoms with Gasteiger partial charge in [0, 0.05) is 12.6 Å². The fourth-order valence-electron chi connectivity index (χ4n) is 2.21. The molecule has 3 heteroatoms. The lowest BCUT2D eigenvalue weighted by Gasteiger charge is -2.26. The van der Waals surface area contributed by atoms with E-state index < -0.39 is 0 Å². The molecule has 1 aromatic rings. The summed E-state index contributed by atoms with van der Waals surface area (Å²) in [5, 5.41) is 12.9. The van der Waals surface area contributed by atoms with Crippen molar-refractivity contribution in [3.63, 3.8) is 0 Å². The highest BCUT2D eigenvalue weighted by molar-refractivity contribution is 5.15. The molecule has 2 atom stereocenters. The summed E-state index contributed by atoms with van der Waals surface area (Å²) < 4.78 is 12.7. The van der Waals surface area contributed by atoms with Crippen LogP contribution in [0.25, 0.3) is 0 Å². The van der Waals surface area contributed by atoms with Gasteiger partial charge in [-0.2, -0.15) is 0 Å². The first kappa shape index (κ1) is 11.6. The molecule has 1 aliphatic carbocycles. The summed E-state index contributed by atoms with van der Waals surface area (Å²) in [7, 11) is 0. The molecule has 0 radical (unpaired) electrons.